The van der Waals surface area contributed by atoms with Crippen molar-refractivity contribution in [2.45, 2.75) is 50.8 Å². The second-order valence-electron chi connectivity index (χ2n) is 17.1. The first kappa shape index (κ1) is 45.0. The van der Waals surface area contributed by atoms with Crippen LogP contribution in [0.25, 0.3) is 11.5 Å². The Balaban J connectivity index is 0.737. The van der Waals surface area contributed by atoms with E-state index >= 15 is 0 Å². The van der Waals surface area contributed by atoms with Crippen LogP contribution in [0.5, 0.6) is 0 Å². The van der Waals surface area contributed by atoms with Gasteiger partial charge in [-0.25, -0.2) is 9.78 Å². The van der Waals surface area contributed by atoms with Crippen molar-refractivity contribution in [3.8, 4) is 11.5 Å². The van der Waals surface area contributed by atoms with Crippen molar-refractivity contribution in [2.24, 2.45) is 0 Å². The predicted molar refractivity (Wildman–Crippen MR) is 243 cm³/mol. The van der Waals surface area contributed by atoms with Gasteiger partial charge in [-0.1, -0.05) is 36.4 Å². The minimum atomic E-state index is -1.01. The topological polar surface area (TPSA) is 247 Å². The van der Waals surface area contributed by atoms with Crippen LogP contribution in [0.4, 0.5) is 23.1 Å². The fourth-order valence-corrected chi connectivity index (χ4v) is 8.76. The number of fused-ring (bicyclic) bond motifs is 2. The number of aliphatic hydroxyl groups excluding tert-OH is 1. The molecule has 2 saturated heterocycles. The van der Waals surface area contributed by atoms with Crippen LogP contribution in [0, 0.1) is 0 Å². The highest BCUT2D eigenvalue weighted by Gasteiger charge is 2.46. The molecule has 5 aromatic rings. The number of benzene rings is 3. The van der Waals surface area contributed by atoms with Gasteiger partial charge in [-0.2, -0.15) is 4.98 Å². The number of amides is 4. The number of carbonyl (C=O) groups excluding carboxylic acids is 5. The number of anilines is 4. The molecule has 4 amide bonds. The summed E-state index contributed by atoms with van der Waals surface area (Å²) in [6.45, 7) is 9.19. The molecule has 0 aliphatic carbocycles. The standard InChI is InChI=1S/C47H51N11O9/c1-47(2)33-25-29(11-12-30(33)45(64)67-47)50-46-49-26-32(40(53-46)51-34(27-59)28-7-4-3-5-8-28)42-55-54-38(66-42)15-16-48-17-23-65-24-22-56-18-20-57(21-19-56)35-10-6-9-31-39(35)44(63)58(43(31)62)36-13-14-37(60)52-41(36)61/h3-12,25-26,34,36,48,59H,13-24,27H2,1-2H3,(H,52,60,61)(H2,49,50,51,53)/t34-,36?/m1/s1. The third kappa shape index (κ3) is 9.59. The predicted octanol–water partition coefficient (Wildman–Crippen LogP) is 3.19. The van der Waals surface area contributed by atoms with Crippen molar-refractivity contribution in [2.75, 3.05) is 81.2 Å². The molecule has 20 heteroatoms. The first-order valence-electron chi connectivity index (χ1n) is 22.3. The fourth-order valence-electron chi connectivity index (χ4n) is 8.76. The molecule has 9 rings (SSSR count). The number of carbonyl (C=O) groups is 5. The second-order valence-corrected chi connectivity index (χ2v) is 17.1. The van der Waals surface area contributed by atoms with Crippen molar-refractivity contribution in [3.05, 3.63) is 107 Å². The molecule has 0 radical (unpaired) electrons. The van der Waals surface area contributed by atoms with Crippen LogP contribution in [0.1, 0.15) is 80.8 Å². The van der Waals surface area contributed by atoms with Crippen molar-refractivity contribution >= 4 is 52.7 Å². The zero-order valence-electron chi connectivity index (χ0n) is 37.1. The number of rotatable bonds is 18. The number of nitrogens with one attached hydrogen (secondary N) is 4. The fraction of sp³-hybridized carbons (Fsp3) is 0.383. The van der Waals surface area contributed by atoms with E-state index in [0.29, 0.717) is 85.6 Å². The van der Waals surface area contributed by atoms with Gasteiger partial charge < -0.3 is 39.8 Å². The van der Waals surface area contributed by atoms with E-state index < -0.39 is 41.3 Å². The van der Waals surface area contributed by atoms with Crippen molar-refractivity contribution < 1.29 is 43.0 Å². The molecular formula is C47H51N11O9. The Bertz CT molecular complexity index is 2690. The average Bonchev–Trinajstić information content (AvgIpc) is 3.97. The monoisotopic (exact) mass is 913 g/mol. The number of hydrogen-bond donors (Lipinski definition) is 5. The number of aromatic nitrogens is 4. The molecule has 348 valence electrons. The molecule has 6 heterocycles. The third-order valence-corrected chi connectivity index (χ3v) is 12.3. The van der Waals surface area contributed by atoms with Gasteiger partial charge in [-0.15, -0.1) is 10.2 Å². The summed E-state index contributed by atoms with van der Waals surface area (Å²) >= 11 is 0. The zero-order valence-corrected chi connectivity index (χ0v) is 37.1. The number of esters is 1. The number of ether oxygens (including phenoxy) is 2. The molecule has 5 N–H and O–H groups in total. The molecule has 4 aliphatic rings. The molecule has 20 nitrogen and oxygen atoms in total. The van der Waals surface area contributed by atoms with Gasteiger partial charge in [0.2, 0.25) is 23.7 Å². The highest BCUT2D eigenvalue weighted by Crippen LogP contribution is 2.38. The van der Waals surface area contributed by atoms with Crippen LogP contribution in [0.2, 0.25) is 0 Å². The number of imide groups is 2. The van der Waals surface area contributed by atoms with Gasteiger partial charge in [0.15, 0.2) is 0 Å². The molecular weight excluding hydrogens is 863 g/mol. The van der Waals surface area contributed by atoms with Crippen LogP contribution < -0.4 is 26.2 Å². The van der Waals surface area contributed by atoms with Crippen molar-refractivity contribution in [3.63, 3.8) is 0 Å². The Labute approximate surface area is 385 Å². The molecule has 3 aromatic carbocycles. The van der Waals surface area contributed by atoms with E-state index in [0.717, 1.165) is 35.7 Å². The second kappa shape index (κ2) is 19.4. The summed E-state index contributed by atoms with van der Waals surface area (Å²) in [5, 5.41) is 31.1. The summed E-state index contributed by atoms with van der Waals surface area (Å²) in [6, 6.07) is 18.5. The maximum absolute atomic E-state index is 13.6. The Hall–Kier alpha value is -7.13. The van der Waals surface area contributed by atoms with Crippen LogP contribution >= 0.6 is 0 Å². The van der Waals surface area contributed by atoms with Gasteiger partial charge in [-0.05, 0) is 56.2 Å². The van der Waals surface area contributed by atoms with Gasteiger partial charge in [-0.3, -0.25) is 34.3 Å². The summed E-state index contributed by atoms with van der Waals surface area (Å²) < 4.78 is 17.5. The molecule has 2 fully saturated rings. The molecule has 0 bridgehead atoms. The van der Waals surface area contributed by atoms with Crippen LogP contribution in [-0.2, 0) is 31.1 Å². The van der Waals surface area contributed by atoms with E-state index in [1.165, 1.54) is 0 Å². The Morgan fingerprint density at radius 2 is 1.73 bits per heavy atom. The molecule has 0 saturated carbocycles. The lowest BCUT2D eigenvalue weighted by Gasteiger charge is -2.36. The Kier molecular flexibility index (Phi) is 13.0. The summed E-state index contributed by atoms with van der Waals surface area (Å²) in [4.78, 5) is 78.1. The Morgan fingerprint density at radius 1 is 0.910 bits per heavy atom. The van der Waals surface area contributed by atoms with Crippen LogP contribution in [0.15, 0.2) is 77.3 Å². The number of nitrogens with zero attached hydrogens (tertiary/aromatic N) is 7. The molecule has 2 aromatic heterocycles. The largest absolute Gasteiger partial charge is 0.451 e. The smallest absolute Gasteiger partial charge is 0.339 e. The Morgan fingerprint density at radius 3 is 2.52 bits per heavy atom. The van der Waals surface area contributed by atoms with E-state index in [1.54, 1.807) is 30.5 Å². The number of piperazine rings is 1. The van der Waals surface area contributed by atoms with E-state index in [1.807, 2.05) is 56.3 Å². The van der Waals surface area contributed by atoms with Gasteiger partial charge in [0.25, 0.3) is 17.7 Å². The number of aliphatic hydroxyl groups is 1. The van der Waals surface area contributed by atoms with E-state index in [9.17, 15) is 29.1 Å². The third-order valence-electron chi connectivity index (χ3n) is 12.3. The SMILES string of the molecule is CC1(C)OC(=O)c2ccc(Nc3ncc(-c4nnc(CCNCCOCCN5CCN(c6cccc7c6C(=O)N(C6CCC(=O)NC6=O)C7=O)CC5)o4)c(N[C@H](CO)c4ccccc4)n3)cc21. The van der Waals surface area contributed by atoms with E-state index in [-0.39, 0.29) is 42.8 Å². The lowest BCUT2D eigenvalue weighted by Crippen LogP contribution is -2.54. The van der Waals surface area contributed by atoms with Crippen LogP contribution in [-0.4, -0.2) is 136 Å². The highest BCUT2D eigenvalue weighted by atomic mass is 16.6. The first-order chi connectivity index (χ1) is 32.5. The lowest BCUT2D eigenvalue weighted by molar-refractivity contribution is -0.136. The first-order valence-corrected chi connectivity index (χ1v) is 22.3. The summed E-state index contributed by atoms with van der Waals surface area (Å²) in [5.41, 5.74) is 3.71. The van der Waals surface area contributed by atoms with E-state index in [2.05, 4.69) is 46.2 Å². The summed E-state index contributed by atoms with van der Waals surface area (Å²) in [5.74, 6) is -1.17. The molecule has 2 atom stereocenters. The van der Waals surface area contributed by atoms with Gasteiger partial charge in [0.05, 0.1) is 53.8 Å². The quantitative estimate of drug-likeness (QED) is 0.0481. The minimum Gasteiger partial charge on any atom is -0.451 e. The number of hydrogen-bond acceptors (Lipinski definition) is 18. The highest BCUT2D eigenvalue weighted by molar-refractivity contribution is 6.25. The maximum Gasteiger partial charge on any atom is 0.339 e. The van der Waals surface area contributed by atoms with Gasteiger partial charge >= 0.3 is 5.97 Å². The van der Waals surface area contributed by atoms with Crippen molar-refractivity contribution in [1.29, 1.82) is 0 Å². The van der Waals surface area contributed by atoms with Crippen molar-refractivity contribution in [1.82, 2.24) is 40.6 Å². The molecule has 0 spiro atoms. The molecule has 67 heavy (non-hydrogen) atoms. The summed E-state index contributed by atoms with van der Waals surface area (Å²) in [7, 11) is 0. The summed E-state index contributed by atoms with van der Waals surface area (Å²) in [6.07, 6.45) is 2.22. The number of piperidine rings is 1. The van der Waals surface area contributed by atoms with Gasteiger partial charge in [0.1, 0.15) is 17.5 Å². The lowest BCUT2D eigenvalue weighted by atomic mass is 9.95. The van der Waals surface area contributed by atoms with Gasteiger partial charge in [0, 0.05) is 76.1 Å². The average molecular weight is 914 g/mol. The normalized spacial score (nSPS) is 18.4. The van der Waals surface area contributed by atoms with Crippen LogP contribution in [0.3, 0.4) is 0 Å². The van der Waals surface area contributed by atoms with E-state index in [4.69, 9.17) is 18.9 Å². The zero-order chi connectivity index (χ0) is 46.7. The minimum absolute atomic E-state index is 0.0697. The molecule has 4 aliphatic heterocycles. The molecule has 1 unspecified atom stereocenters. The maximum atomic E-state index is 13.6. The number of cyclic esters (lactones) is 1.